The van der Waals surface area contributed by atoms with Gasteiger partial charge in [-0.1, -0.05) is 6.92 Å². The van der Waals surface area contributed by atoms with E-state index in [0.717, 1.165) is 24.9 Å². The molecule has 5 nitrogen and oxygen atoms in total. The first-order valence-corrected chi connectivity index (χ1v) is 6.25. The second kappa shape index (κ2) is 6.26. The average molecular weight is 245 g/mol. The molecule has 2 aromatic rings. The Bertz CT molecular complexity index is 465. The van der Waals surface area contributed by atoms with E-state index in [-0.39, 0.29) is 6.04 Å². The number of hydrogen-bond donors (Lipinski definition) is 1. The second-order valence-corrected chi connectivity index (χ2v) is 4.40. The Labute approximate surface area is 107 Å². The molecule has 2 aromatic heterocycles. The molecular weight excluding hydrogens is 226 g/mol. The van der Waals surface area contributed by atoms with Crippen molar-refractivity contribution < 1.29 is 0 Å². The first-order chi connectivity index (χ1) is 8.79. The van der Waals surface area contributed by atoms with Crippen molar-refractivity contribution in [1.82, 2.24) is 25.1 Å². The summed E-state index contributed by atoms with van der Waals surface area (Å²) in [7, 11) is 1.93. The van der Waals surface area contributed by atoms with E-state index in [0.29, 0.717) is 0 Å². The Hall–Kier alpha value is -1.75. The molecule has 0 spiro atoms. The molecule has 0 bridgehead atoms. The van der Waals surface area contributed by atoms with Crippen LogP contribution in [-0.2, 0) is 13.5 Å². The summed E-state index contributed by atoms with van der Waals surface area (Å²) in [5.41, 5.74) is 2.34. The number of hydrogen-bond acceptors (Lipinski definition) is 4. The summed E-state index contributed by atoms with van der Waals surface area (Å²) in [5.74, 6) is 0. The van der Waals surface area contributed by atoms with Crippen LogP contribution in [0.2, 0.25) is 0 Å². The molecule has 0 saturated carbocycles. The van der Waals surface area contributed by atoms with E-state index >= 15 is 0 Å². The van der Waals surface area contributed by atoms with E-state index in [2.05, 4.69) is 27.3 Å². The molecule has 0 fully saturated rings. The number of nitrogens with one attached hydrogen (secondary N) is 1. The van der Waals surface area contributed by atoms with Crippen molar-refractivity contribution in [3.05, 3.63) is 42.2 Å². The van der Waals surface area contributed by atoms with Crippen molar-refractivity contribution in [2.45, 2.75) is 25.8 Å². The predicted octanol–water partition coefficient (Wildman–Crippen LogP) is 1.49. The van der Waals surface area contributed by atoms with Gasteiger partial charge in [0.05, 0.1) is 6.20 Å². The summed E-state index contributed by atoms with van der Waals surface area (Å²) in [6.07, 6.45) is 11.3. The summed E-state index contributed by atoms with van der Waals surface area (Å²) in [6, 6.07) is 0.246. The molecule has 0 aliphatic rings. The molecular formula is C13H19N5. The maximum atomic E-state index is 4.20. The van der Waals surface area contributed by atoms with E-state index in [9.17, 15) is 0 Å². The van der Waals surface area contributed by atoms with Crippen molar-refractivity contribution in [1.29, 1.82) is 0 Å². The van der Waals surface area contributed by atoms with Crippen LogP contribution in [0.3, 0.4) is 0 Å². The number of aromatic nitrogens is 4. The SMILES string of the molecule is CCCNC(Cc1cnn(C)c1)c1cncnc1. The maximum absolute atomic E-state index is 4.20. The van der Waals surface area contributed by atoms with Gasteiger partial charge in [0, 0.05) is 37.2 Å². The standard InChI is InChI=1S/C13H19N5/c1-3-4-16-13(12-7-14-10-15-8-12)5-11-6-17-18(2)9-11/h6-10,13,16H,3-5H2,1-2H3. The monoisotopic (exact) mass is 245 g/mol. The normalized spacial score (nSPS) is 12.6. The number of rotatable bonds is 6. The molecule has 0 amide bonds. The van der Waals surface area contributed by atoms with Gasteiger partial charge in [-0.15, -0.1) is 0 Å². The van der Waals surface area contributed by atoms with E-state index in [4.69, 9.17) is 0 Å². The van der Waals surface area contributed by atoms with Gasteiger partial charge in [-0.2, -0.15) is 5.10 Å². The van der Waals surface area contributed by atoms with Crippen molar-refractivity contribution in [2.75, 3.05) is 6.54 Å². The van der Waals surface area contributed by atoms with Gasteiger partial charge in [0.25, 0.3) is 0 Å². The third-order valence-electron chi connectivity index (χ3n) is 2.82. The minimum atomic E-state index is 0.246. The van der Waals surface area contributed by atoms with Gasteiger partial charge in [-0.05, 0) is 24.9 Å². The van der Waals surface area contributed by atoms with E-state index < -0.39 is 0 Å². The first kappa shape index (κ1) is 12.7. The molecule has 1 N–H and O–H groups in total. The van der Waals surface area contributed by atoms with Gasteiger partial charge in [-0.3, -0.25) is 4.68 Å². The van der Waals surface area contributed by atoms with Crippen LogP contribution in [-0.4, -0.2) is 26.3 Å². The second-order valence-electron chi connectivity index (χ2n) is 4.40. The molecule has 1 unspecified atom stereocenters. The number of aryl methyl sites for hydroxylation is 1. The van der Waals surface area contributed by atoms with Crippen LogP contribution >= 0.6 is 0 Å². The number of nitrogens with zero attached hydrogens (tertiary/aromatic N) is 4. The lowest BCUT2D eigenvalue weighted by Gasteiger charge is -2.17. The van der Waals surface area contributed by atoms with E-state index in [1.165, 1.54) is 5.56 Å². The van der Waals surface area contributed by atoms with Crippen LogP contribution in [0, 0.1) is 0 Å². The molecule has 1 atom stereocenters. The fourth-order valence-corrected chi connectivity index (χ4v) is 1.93. The fourth-order valence-electron chi connectivity index (χ4n) is 1.93. The lowest BCUT2D eigenvalue weighted by Crippen LogP contribution is -2.24. The van der Waals surface area contributed by atoms with Crippen molar-refractivity contribution in [3.63, 3.8) is 0 Å². The third kappa shape index (κ3) is 3.37. The Morgan fingerprint density at radius 1 is 1.28 bits per heavy atom. The highest BCUT2D eigenvalue weighted by molar-refractivity contribution is 5.15. The Balaban J connectivity index is 2.10. The molecule has 2 rings (SSSR count). The minimum Gasteiger partial charge on any atom is -0.310 e. The van der Waals surface area contributed by atoms with Gasteiger partial charge in [0.15, 0.2) is 0 Å². The zero-order valence-electron chi connectivity index (χ0n) is 10.9. The van der Waals surface area contributed by atoms with Crippen LogP contribution < -0.4 is 5.32 Å². The average Bonchev–Trinajstić information content (AvgIpc) is 2.81. The fraction of sp³-hybridized carbons (Fsp3) is 0.462. The summed E-state index contributed by atoms with van der Waals surface area (Å²) in [5, 5.41) is 7.73. The van der Waals surface area contributed by atoms with Gasteiger partial charge in [0.1, 0.15) is 6.33 Å². The zero-order chi connectivity index (χ0) is 12.8. The predicted molar refractivity (Wildman–Crippen MR) is 70.0 cm³/mol. The molecule has 0 aromatic carbocycles. The Kier molecular flexibility index (Phi) is 4.41. The van der Waals surface area contributed by atoms with Crippen LogP contribution in [0.5, 0.6) is 0 Å². The van der Waals surface area contributed by atoms with E-state index in [1.54, 1.807) is 6.33 Å². The van der Waals surface area contributed by atoms with Crippen LogP contribution in [0.4, 0.5) is 0 Å². The maximum Gasteiger partial charge on any atom is 0.115 e. The largest absolute Gasteiger partial charge is 0.310 e. The lowest BCUT2D eigenvalue weighted by atomic mass is 10.0. The van der Waals surface area contributed by atoms with Crippen molar-refractivity contribution in [3.8, 4) is 0 Å². The van der Waals surface area contributed by atoms with Crippen LogP contribution in [0.15, 0.2) is 31.1 Å². The lowest BCUT2D eigenvalue weighted by molar-refractivity contribution is 0.526. The Morgan fingerprint density at radius 2 is 2.06 bits per heavy atom. The summed E-state index contributed by atoms with van der Waals surface area (Å²) in [4.78, 5) is 8.18. The quantitative estimate of drug-likeness (QED) is 0.838. The first-order valence-electron chi connectivity index (χ1n) is 6.25. The van der Waals surface area contributed by atoms with Crippen LogP contribution in [0.25, 0.3) is 0 Å². The smallest absolute Gasteiger partial charge is 0.115 e. The highest BCUT2D eigenvalue weighted by Crippen LogP contribution is 2.16. The Morgan fingerprint density at radius 3 is 2.67 bits per heavy atom. The highest BCUT2D eigenvalue weighted by atomic mass is 15.2. The molecule has 96 valence electrons. The van der Waals surface area contributed by atoms with Crippen LogP contribution in [0.1, 0.15) is 30.5 Å². The highest BCUT2D eigenvalue weighted by Gasteiger charge is 2.12. The molecule has 0 radical (unpaired) electrons. The zero-order valence-corrected chi connectivity index (χ0v) is 10.9. The summed E-state index contributed by atoms with van der Waals surface area (Å²) < 4.78 is 1.83. The minimum absolute atomic E-state index is 0.246. The van der Waals surface area contributed by atoms with Crippen molar-refractivity contribution in [2.24, 2.45) is 7.05 Å². The van der Waals surface area contributed by atoms with Gasteiger partial charge in [-0.25, -0.2) is 9.97 Å². The molecule has 0 aliphatic heterocycles. The summed E-state index contributed by atoms with van der Waals surface area (Å²) in [6.45, 7) is 3.15. The topological polar surface area (TPSA) is 55.6 Å². The summed E-state index contributed by atoms with van der Waals surface area (Å²) >= 11 is 0. The molecule has 2 heterocycles. The molecule has 0 saturated heterocycles. The van der Waals surface area contributed by atoms with E-state index in [1.807, 2.05) is 36.5 Å². The van der Waals surface area contributed by atoms with Gasteiger partial charge in [0.2, 0.25) is 0 Å². The molecule has 5 heteroatoms. The molecule has 0 aliphatic carbocycles. The van der Waals surface area contributed by atoms with Crippen molar-refractivity contribution >= 4 is 0 Å². The third-order valence-corrected chi connectivity index (χ3v) is 2.82. The molecule has 18 heavy (non-hydrogen) atoms. The van der Waals surface area contributed by atoms with Gasteiger partial charge < -0.3 is 5.32 Å². The van der Waals surface area contributed by atoms with Gasteiger partial charge >= 0.3 is 0 Å².